The van der Waals surface area contributed by atoms with Crippen molar-refractivity contribution < 1.29 is 0 Å². The summed E-state index contributed by atoms with van der Waals surface area (Å²) >= 11 is 15.3. The van der Waals surface area contributed by atoms with E-state index in [-0.39, 0.29) is 0 Å². The first kappa shape index (κ1) is 12.5. The highest BCUT2D eigenvalue weighted by Crippen LogP contribution is 2.31. The lowest BCUT2D eigenvalue weighted by Crippen LogP contribution is -2.21. The van der Waals surface area contributed by atoms with Gasteiger partial charge in [-0.2, -0.15) is 0 Å². The molecule has 5 heteroatoms. The van der Waals surface area contributed by atoms with Crippen molar-refractivity contribution in [2.45, 2.75) is 12.8 Å². The van der Waals surface area contributed by atoms with Gasteiger partial charge in [0.25, 0.3) is 0 Å². The van der Waals surface area contributed by atoms with Crippen molar-refractivity contribution in [3.63, 3.8) is 0 Å². The van der Waals surface area contributed by atoms with Gasteiger partial charge in [0.2, 0.25) is 0 Å². The lowest BCUT2D eigenvalue weighted by molar-refractivity contribution is 0.572. The van der Waals surface area contributed by atoms with E-state index >= 15 is 0 Å². The minimum atomic E-state index is 0.680. The van der Waals surface area contributed by atoms with Gasteiger partial charge in [0, 0.05) is 29.6 Å². The molecule has 2 nitrogen and oxygen atoms in total. The molecule has 1 aliphatic rings. The zero-order valence-corrected chi connectivity index (χ0v) is 11.9. The lowest BCUT2D eigenvalue weighted by Gasteiger charge is -2.18. The van der Waals surface area contributed by atoms with Gasteiger partial charge in [-0.15, -0.1) is 11.6 Å². The third-order valence-corrected chi connectivity index (χ3v) is 3.82. The zero-order valence-electron chi connectivity index (χ0n) is 8.80. The number of hydrogen-bond donors (Lipinski definition) is 0. The molecular formula is C11H13BrCl2N2. The van der Waals surface area contributed by atoms with E-state index in [0.717, 1.165) is 35.7 Å². The monoisotopic (exact) mass is 322 g/mol. The Balaban J connectivity index is 2.08. The minimum absolute atomic E-state index is 0.680. The van der Waals surface area contributed by atoms with Gasteiger partial charge in [0.1, 0.15) is 5.82 Å². The Morgan fingerprint density at radius 1 is 1.56 bits per heavy atom. The van der Waals surface area contributed by atoms with Crippen LogP contribution in [0.2, 0.25) is 5.02 Å². The molecule has 1 saturated heterocycles. The smallest absolute Gasteiger partial charge is 0.147 e. The third-order valence-electron chi connectivity index (χ3n) is 2.89. The molecule has 0 spiro atoms. The van der Waals surface area contributed by atoms with Gasteiger partial charge < -0.3 is 4.90 Å². The Morgan fingerprint density at radius 2 is 2.38 bits per heavy atom. The standard InChI is InChI=1S/C11H13BrCl2N2/c12-9-5-10(14)11(15-6-9)16-4-2-8(7-16)1-3-13/h5-6,8H,1-4,7H2. The van der Waals surface area contributed by atoms with Gasteiger partial charge in [-0.3, -0.25) is 0 Å². The number of aromatic nitrogens is 1. The van der Waals surface area contributed by atoms with E-state index in [4.69, 9.17) is 23.2 Å². The fraction of sp³-hybridized carbons (Fsp3) is 0.545. The van der Waals surface area contributed by atoms with Crippen molar-refractivity contribution >= 4 is 44.9 Å². The van der Waals surface area contributed by atoms with Crippen molar-refractivity contribution in [2.24, 2.45) is 5.92 Å². The summed E-state index contributed by atoms with van der Waals surface area (Å²) in [5.74, 6) is 2.31. The molecule has 1 unspecified atom stereocenters. The van der Waals surface area contributed by atoms with Crippen molar-refractivity contribution in [3.8, 4) is 0 Å². The predicted octanol–water partition coefficient (Wildman–Crippen LogP) is 3.95. The van der Waals surface area contributed by atoms with E-state index in [1.54, 1.807) is 6.20 Å². The SMILES string of the molecule is ClCCC1CCN(c2ncc(Br)cc2Cl)C1. The molecule has 1 atom stereocenters. The molecule has 0 aliphatic carbocycles. The second-order valence-corrected chi connectivity index (χ2v) is 5.74. The summed E-state index contributed by atoms with van der Waals surface area (Å²) in [6, 6.07) is 1.89. The highest BCUT2D eigenvalue weighted by Gasteiger charge is 2.24. The van der Waals surface area contributed by atoms with Crippen LogP contribution in [0.5, 0.6) is 0 Å². The number of halogens is 3. The summed E-state index contributed by atoms with van der Waals surface area (Å²) in [7, 11) is 0. The van der Waals surface area contributed by atoms with Gasteiger partial charge in [-0.05, 0) is 40.8 Å². The molecule has 1 aromatic heterocycles. The minimum Gasteiger partial charge on any atom is -0.355 e. The molecule has 88 valence electrons. The Kier molecular flexibility index (Phi) is 4.34. The van der Waals surface area contributed by atoms with Crippen LogP contribution in [0, 0.1) is 5.92 Å². The molecule has 0 aromatic carbocycles. The van der Waals surface area contributed by atoms with E-state index in [1.807, 2.05) is 6.07 Å². The van der Waals surface area contributed by atoms with Gasteiger partial charge in [0.15, 0.2) is 0 Å². The van der Waals surface area contributed by atoms with E-state index in [9.17, 15) is 0 Å². The maximum atomic E-state index is 6.17. The number of pyridine rings is 1. The van der Waals surface area contributed by atoms with Crippen LogP contribution in [-0.2, 0) is 0 Å². The largest absolute Gasteiger partial charge is 0.355 e. The molecule has 0 N–H and O–H groups in total. The van der Waals surface area contributed by atoms with E-state index in [1.165, 1.54) is 6.42 Å². The van der Waals surface area contributed by atoms with Gasteiger partial charge in [-0.1, -0.05) is 11.6 Å². The summed E-state index contributed by atoms with van der Waals surface area (Å²) in [5.41, 5.74) is 0. The van der Waals surface area contributed by atoms with Crippen LogP contribution in [0.1, 0.15) is 12.8 Å². The molecule has 2 rings (SSSR count). The van der Waals surface area contributed by atoms with Crippen molar-refractivity contribution in [2.75, 3.05) is 23.9 Å². The molecule has 1 aliphatic heterocycles. The van der Waals surface area contributed by atoms with Crippen LogP contribution in [0.15, 0.2) is 16.7 Å². The number of rotatable bonds is 3. The molecule has 2 heterocycles. The van der Waals surface area contributed by atoms with E-state index in [2.05, 4.69) is 25.8 Å². The van der Waals surface area contributed by atoms with E-state index in [0.29, 0.717) is 10.9 Å². The molecule has 1 aromatic rings. The first-order valence-electron chi connectivity index (χ1n) is 5.32. The van der Waals surface area contributed by atoms with Crippen LogP contribution in [0.25, 0.3) is 0 Å². The van der Waals surface area contributed by atoms with Crippen LogP contribution < -0.4 is 4.90 Å². The molecule has 16 heavy (non-hydrogen) atoms. The maximum absolute atomic E-state index is 6.17. The number of alkyl halides is 1. The summed E-state index contributed by atoms with van der Waals surface area (Å²) < 4.78 is 0.915. The first-order valence-corrected chi connectivity index (χ1v) is 7.03. The quantitative estimate of drug-likeness (QED) is 0.783. The molecule has 0 saturated carbocycles. The molecule has 0 amide bonds. The normalized spacial score (nSPS) is 20.4. The first-order chi connectivity index (χ1) is 7.70. The Hall–Kier alpha value is 0.01000. The Labute approximate surface area is 114 Å². The Morgan fingerprint density at radius 3 is 3.06 bits per heavy atom. The summed E-state index contributed by atoms with van der Waals surface area (Å²) in [4.78, 5) is 6.61. The zero-order chi connectivity index (χ0) is 11.5. The number of nitrogens with zero attached hydrogens (tertiary/aromatic N) is 2. The highest BCUT2D eigenvalue weighted by atomic mass is 79.9. The second kappa shape index (κ2) is 5.56. The molecule has 0 radical (unpaired) electrons. The fourth-order valence-corrected chi connectivity index (χ4v) is 3.11. The molecule has 1 fully saturated rings. The predicted molar refractivity (Wildman–Crippen MR) is 72.6 cm³/mol. The second-order valence-electron chi connectivity index (χ2n) is 4.04. The maximum Gasteiger partial charge on any atom is 0.147 e. The Bertz CT molecular complexity index is 373. The van der Waals surface area contributed by atoms with Crippen molar-refractivity contribution in [1.82, 2.24) is 4.98 Å². The van der Waals surface area contributed by atoms with Gasteiger partial charge in [0.05, 0.1) is 5.02 Å². The van der Waals surface area contributed by atoms with Crippen LogP contribution in [0.3, 0.4) is 0 Å². The lowest BCUT2D eigenvalue weighted by atomic mass is 10.1. The van der Waals surface area contributed by atoms with Crippen LogP contribution >= 0.6 is 39.1 Å². The number of hydrogen-bond acceptors (Lipinski definition) is 2. The molecular weight excluding hydrogens is 311 g/mol. The van der Waals surface area contributed by atoms with Crippen LogP contribution in [0.4, 0.5) is 5.82 Å². The van der Waals surface area contributed by atoms with Crippen molar-refractivity contribution in [1.29, 1.82) is 0 Å². The van der Waals surface area contributed by atoms with Crippen molar-refractivity contribution in [3.05, 3.63) is 21.8 Å². The summed E-state index contributed by atoms with van der Waals surface area (Å²) in [6.07, 6.45) is 4.04. The average Bonchev–Trinajstić information content (AvgIpc) is 2.67. The fourth-order valence-electron chi connectivity index (χ4n) is 2.06. The van der Waals surface area contributed by atoms with Gasteiger partial charge >= 0.3 is 0 Å². The number of anilines is 1. The van der Waals surface area contributed by atoms with Crippen LogP contribution in [-0.4, -0.2) is 24.0 Å². The third kappa shape index (κ3) is 2.82. The summed E-state index contributed by atoms with van der Waals surface area (Å²) in [5, 5.41) is 0.709. The summed E-state index contributed by atoms with van der Waals surface area (Å²) in [6.45, 7) is 2.04. The van der Waals surface area contributed by atoms with Gasteiger partial charge in [-0.25, -0.2) is 4.98 Å². The highest BCUT2D eigenvalue weighted by molar-refractivity contribution is 9.10. The van der Waals surface area contributed by atoms with E-state index < -0.39 is 0 Å². The topological polar surface area (TPSA) is 16.1 Å². The molecule has 0 bridgehead atoms. The average molecular weight is 324 g/mol.